The fourth-order valence-corrected chi connectivity index (χ4v) is 2.99. The molecule has 2 rings (SSSR count). The fourth-order valence-electron chi connectivity index (χ4n) is 2.55. The van der Waals surface area contributed by atoms with E-state index >= 15 is 0 Å². The van der Waals surface area contributed by atoms with Crippen LogP contribution in [0.5, 0.6) is 0 Å². The molecule has 128 valence electrons. The van der Waals surface area contributed by atoms with Crippen molar-refractivity contribution in [1.29, 1.82) is 0 Å². The second kappa shape index (κ2) is 8.92. The van der Waals surface area contributed by atoms with Crippen molar-refractivity contribution in [3.05, 3.63) is 81.9 Å². The Hall–Kier alpha value is -1.76. The number of alkyl halides is 1. The first-order chi connectivity index (χ1) is 11.5. The molecule has 3 atom stereocenters. The van der Waals surface area contributed by atoms with Gasteiger partial charge in [-0.05, 0) is 34.0 Å². The monoisotopic (exact) mass is 392 g/mol. The second-order valence-corrected chi connectivity index (χ2v) is 6.70. The molecule has 0 radical (unpaired) electrons. The minimum absolute atomic E-state index is 0.389. The number of hydrogen-bond donors (Lipinski definition) is 1. The maximum atomic E-state index is 11.0. The molecule has 0 fully saturated rings. The average molecular weight is 393 g/mol. The summed E-state index contributed by atoms with van der Waals surface area (Å²) >= 11 is 2.97. The van der Waals surface area contributed by atoms with Crippen molar-refractivity contribution in [1.82, 2.24) is 4.90 Å². The van der Waals surface area contributed by atoms with Crippen molar-refractivity contribution in [2.45, 2.75) is 37.1 Å². The van der Waals surface area contributed by atoms with E-state index < -0.39 is 16.0 Å². The van der Waals surface area contributed by atoms with Gasteiger partial charge in [0, 0.05) is 24.1 Å². The summed E-state index contributed by atoms with van der Waals surface area (Å²) in [5.41, 5.74) is 2.19. The van der Waals surface area contributed by atoms with E-state index in [0.29, 0.717) is 13.1 Å². The van der Waals surface area contributed by atoms with Crippen molar-refractivity contribution in [3.63, 3.8) is 0 Å². The van der Waals surface area contributed by atoms with Crippen LogP contribution in [-0.2, 0) is 13.1 Å². The maximum absolute atomic E-state index is 11.0. The molecule has 0 aromatic heterocycles. The zero-order valence-corrected chi connectivity index (χ0v) is 15.0. The zero-order valence-electron chi connectivity index (χ0n) is 13.5. The summed E-state index contributed by atoms with van der Waals surface area (Å²) in [6.07, 6.45) is -1.12. The minimum Gasteiger partial charge on any atom is -0.383 e. The fraction of sp³-hybridized carbons (Fsp3) is 0.333. The van der Waals surface area contributed by atoms with E-state index in [1.54, 1.807) is 0 Å². The predicted molar refractivity (Wildman–Crippen MR) is 97.3 cm³/mol. The molecule has 0 saturated heterocycles. The second-order valence-electron chi connectivity index (χ2n) is 5.77. The van der Waals surface area contributed by atoms with Crippen molar-refractivity contribution < 1.29 is 10.0 Å². The van der Waals surface area contributed by atoms with Crippen molar-refractivity contribution >= 4 is 15.9 Å². The Labute approximate surface area is 150 Å². The van der Waals surface area contributed by atoms with Crippen LogP contribution in [0.2, 0.25) is 0 Å². The topological polar surface area (TPSA) is 66.6 Å². The van der Waals surface area contributed by atoms with Crippen molar-refractivity contribution in [2.75, 3.05) is 0 Å². The standard InChI is InChI=1S/C18H21BrN2O3/c1-14(17(22)18(19)21(23)24)20(12-15-8-4-2-5-9-15)13-16-10-6-3-7-11-16/h2-11,14,17-18,22H,12-13H2,1H3/t14-,17-,18+/m0/s1. The van der Waals surface area contributed by atoms with Gasteiger partial charge in [0.15, 0.2) is 0 Å². The predicted octanol–water partition coefficient (Wildman–Crippen LogP) is 3.44. The van der Waals surface area contributed by atoms with Gasteiger partial charge in [-0.1, -0.05) is 60.7 Å². The lowest BCUT2D eigenvalue weighted by Gasteiger charge is -2.32. The summed E-state index contributed by atoms with van der Waals surface area (Å²) in [6.45, 7) is 3.02. The Kier molecular flexibility index (Phi) is 6.90. The van der Waals surface area contributed by atoms with Crippen LogP contribution >= 0.6 is 15.9 Å². The van der Waals surface area contributed by atoms with Gasteiger partial charge < -0.3 is 5.11 Å². The van der Waals surface area contributed by atoms with Crippen LogP contribution in [0, 0.1) is 10.1 Å². The van der Waals surface area contributed by atoms with Gasteiger partial charge in [-0.25, -0.2) is 0 Å². The molecular formula is C18H21BrN2O3. The van der Waals surface area contributed by atoms with Gasteiger partial charge in [0.05, 0.1) is 0 Å². The molecule has 0 bridgehead atoms. The molecule has 0 aliphatic rings. The smallest absolute Gasteiger partial charge is 0.292 e. The van der Waals surface area contributed by atoms with E-state index in [9.17, 15) is 15.2 Å². The Morgan fingerprint density at radius 1 is 1.04 bits per heavy atom. The summed E-state index contributed by atoms with van der Waals surface area (Å²) < 4.78 is 0. The van der Waals surface area contributed by atoms with Crippen molar-refractivity contribution in [3.8, 4) is 0 Å². The van der Waals surface area contributed by atoms with E-state index in [1.165, 1.54) is 0 Å². The number of nitro groups is 1. The third-order valence-corrected chi connectivity index (χ3v) is 4.89. The first kappa shape index (κ1) is 18.6. The van der Waals surface area contributed by atoms with Gasteiger partial charge in [0.25, 0.3) is 4.95 Å². The first-order valence-corrected chi connectivity index (χ1v) is 8.68. The van der Waals surface area contributed by atoms with Crippen LogP contribution in [0.1, 0.15) is 18.1 Å². The highest BCUT2D eigenvalue weighted by Gasteiger charge is 2.34. The number of rotatable bonds is 8. The number of nitrogens with zero attached hydrogens (tertiary/aromatic N) is 2. The van der Waals surface area contributed by atoms with Crippen LogP contribution in [0.25, 0.3) is 0 Å². The van der Waals surface area contributed by atoms with Crippen molar-refractivity contribution in [2.24, 2.45) is 0 Å². The zero-order chi connectivity index (χ0) is 17.5. The van der Waals surface area contributed by atoms with Crippen LogP contribution in [-0.4, -0.2) is 32.0 Å². The van der Waals surface area contributed by atoms with Crippen LogP contribution in [0.15, 0.2) is 60.7 Å². The Morgan fingerprint density at radius 2 is 1.46 bits per heavy atom. The van der Waals surface area contributed by atoms with Gasteiger partial charge in [-0.15, -0.1) is 0 Å². The van der Waals surface area contributed by atoms with E-state index in [0.717, 1.165) is 11.1 Å². The molecule has 5 nitrogen and oxygen atoms in total. The highest BCUT2D eigenvalue weighted by molar-refractivity contribution is 9.09. The van der Waals surface area contributed by atoms with Crippen LogP contribution < -0.4 is 0 Å². The van der Waals surface area contributed by atoms with Gasteiger partial charge in [-0.2, -0.15) is 0 Å². The lowest BCUT2D eigenvalue weighted by molar-refractivity contribution is -0.505. The number of aliphatic hydroxyl groups excluding tert-OH is 1. The SMILES string of the molecule is C[C@@H]([C@H](O)[C@H](Br)[N+](=O)[O-])N(Cc1ccccc1)Cc1ccccc1. The van der Waals surface area contributed by atoms with E-state index in [1.807, 2.05) is 72.5 Å². The molecule has 0 saturated carbocycles. The van der Waals surface area contributed by atoms with Gasteiger partial charge in [0.2, 0.25) is 0 Å². The molecule has 0 amide bonds. The molecule has 0 unspecified atom stereocenters. The number of benzene rings is 2. The Morgan fingerprint density at radius 3 is 1.83 bits per heavy atom. The highest BCUT2D eigenvalue weighted by atomic mass is 79.9. The first-order valence-electron chi connectivity index (χ1n) is 7.76. The molecule has 24 heavy (non-hydrogen) atoms. The molecule has 2 aromatic carbocycles. The summed E-state index contributed by atoms with van der Waals surface area (Å²) in [5, 5.41) is 21.3. The molecule has 0 aliphatic heterocycles. The third kappa shape index (κ3) is 5.12. The Balaban J connectivity index is 2.19. The summed E-state index contributed by atoms with van der Waals surface area (Å²) in [4.78, 5) is 11.3. The molecule has 1 N–H and O–H groups in total. The van der Waals surface area contributed by atoms with Crippen LogP contribution in [0.4, 0.5) is 0 Å². The van der Waals surface area contributed by atoms with E-state index in [4.69, 9.17) is 0 Å². The lowest BCUT2D eigenvalue weighted by Crippen LogP contribution is -2.46. The summed E-state index contributed by atoms with van der Waals surface area (Å²) in [6, 6.07) is 19.4. The van der Waals surface area contributed by atoms with E-state index in [-0.39, 0.29) is 6.04 Å². The Bertz CT molecular complexity index is 598. The molecular weight excluding hydrogens is 372 g/mol. The number of aliphatic hydroxyl groups is 1. The molecule has 2 aromatic rings. The number of hydrogen-bond acceptors (Lipinski definition) is 4. The largest absolute Gasteiger partial charge is 0.383 e. The normalized spacial score (nSPS) is 15.0. The van der Waals surface area contributed by atoms with Crippen LogP contribution in [0.3, 0.4) is 0 Å². The van der Waals surface area contributed by atoms with Gasteiger partial charge in [0.1, 0.15) is 6.10 Å². The quantitative estimate of drug-likeness (QED) is 0.323. The van der Waals surface area contributed by atoms with E-state index in [2.05, 4.69) is 15.9 Å². The minimum atomic E-state index is -1.19. The average Bonchev–Trinajstić information content (AvgIpc) is 2.61. The number of halogens is 1. The third-order valence-electron chi connectivity index (χ3n) is 4.01. The van der Waals surface area contributed by atoms with Gasteiger partial charge in [-0.3, -0.25) is 15.0 Å². The molecule has 0 aliphatic carbocycles. The van der Waals surface area contributed by atoms with Gasteiger partial charge >= 0.3 is 0 Å². The maximum Gasteiger partial charge on any atom is 0.292 e. The summed E-state index contributed by atoms with van der Waals surface area (Å²) in [5.74, 6) is 0. The molecule has 0 heterocycles. The summed E-state index contributed by atoms with van der Waals surface area (Å²) in [7, 11) is 0. The molecule has 6 heteroatoms. The lowest BCUT2D eigenvalue weighted by atomic mass is 10.1. The molecule has 0 spiro atoms. The highest BCUT2D eigenvalue weighted by Crippen LogP contribution is 2.19.